The summed E-state index contributed by atoms with van der Waals surface area (Å²) in [5.74, 6) is -1.00. The molecule has 0 spiro atoms. The first-order chi connectivity index (χ1) is 15.3. The molecule has 32 heavy (non-hydrogen) atoms. The molecule has 2 amide bonds. The van der Waals surface area contributed by atoms with Crippen LogP contribution >= 0.6 is 7.60 Å². The minimum atomic E-state index is -3.25. The van der Waals surface area contributed by atoms with Gasteiger partial charge in [-0.15, -0.1) is 0 Å². The third kappa shape index (κ3) is 7.98. The number of carbonyl (C=O) groups is 2. The second-order valence-corrected chi connectivity index (χ2v) is 10.5. The van der Waals surface area contributed by atoms with E-state index in [4.69, 9.17) is 14.8 Å². The van der Waals surface area contributed by atoms with Gasteiger partial charge in [-0.25, -0.2) is 0 Å². The van der Waals surface area contributed by atoms with Crippen molar-refractivity contribution < 1.29 is 27.4 Å². The fraction of sp³-hybridized carbons (Fsp3) is 0.364. The molecule has 2 aromatic rings. The Balaban J connectivity index is 1.99. The molecule has 0 unspecified atom stereocenters. The highest BCUT2D eigenvalue weighted by Gasteiger charge is 2.24. The summed E-state index contributed by atoms with van der Waals surface area (Å²) in [5.41, 5.74) is 6.43. The molecule has 2 aromatic carbocycles. The number of benzene rings is 2. The van der Waals surface area contributed by atoms with Crippen LogP contribution in [0.1, 0.15) is 36.2 Å². The van der Waals surface area contributed by atoms with E-state index in [2.05, 4.69) is 5.32 Å². The second kappa shape index (κ2) is 12.6. The number of rotatable bonds is 13. The zero-order chi connectivity index (χ0) is 23.6. The maximum Gasteiger partial charge on any atom is 0.335 e. The molecule has 0 saturated heterocycles. The van der Waals surface area contributed by atoms with Crippen LogP contribution in [-0.4, -0.2) is 41.0 Å². The first-order valence-electron chi connectivity index (χ1n) is 10.3. The summed E-state index contributed by atoms with van der Waals surface area (Å²) in [6.07, 6.45) is 0.234. The van der Waals surface area contributed by atoms with Crippen LogP contribution in [0.5, 0.6) is 0 Å². The van der Waals surface area contributed by atoms with Gasteiger partial charge in [0.1, 0.15) is 6.04 Å². The molecule has 2 rings (SSSR count). The molecule has 0 fully saturated rings. The first-order valence-corrected chi connectivity index (χ1v) is 13.3. The van der Waals surface area contributed by atoms with Gasteiger partial charge in [0.25, 0.3) is 5.91 Å². The molecule has 3 N–H and O–H groups in total. The Morgan fingerprint density at radius 2 is 1.62 bits per heavy atom. The van der Waals surface area contributed by atoms with E-state index in [9.17, 15) is 18.4 Å². The Bertz CT molecular complexity index is 958. The van der Waals surface area contributed by atoms with Gasteiger partial charge in [-0.1, -0.05) is 30.3 Å². The van der Waals surface area contributed by atoms with Crippen molar-refractivity contribution in [3.63, 3.8) is 0 Å². The molecule has 0 heterocycles. The van der Waals surface area contributed by atoms with E-state index < -0.39 is 36.3 Å². The molecule has 0 radical (unpaired) electrons. The summed E-state index contributed by atoms with van der Waals surface area (Å²) in [4.78, 5) is 25.0. The number of amides is 2. The van der Waals surface area contributed by atoms with E-state index in [0.29, 0.717) is 16.0 Å². The Morgan fingerprint density at radius 1 is 1.03 bits per heavy atom. The summed E-state index contributed by atoms with van der Waals surface area (Å²) in [5, 5.41) is 2.60. The van der Waals surface area contributed by atoms with Gasteiger partial charge in [0.15, 0.2) is 0 Å². The number of hydrogen-bond acceptors (Lipinski definition) is 6. The fourth-order valence-corrected chi connectivity index (χ4v) is 5.80. The van der Waals surface area contributed by atoms with Gasteiger partial charge in [0.05, 0.1) is 30.2 Å². The summed E-state index contributed by atoms with van der Waals surface area (Å²) in [7, 11) is -4.56. The first kappa shape index (κ1) is 25.9. The smallest absolute Gasteiger partial charge is 0.335 e. The lowest BCUT2D eigenvalue weighted by Gasteiger charge is -2.17. The zero-order valence-electron chi connectivity index (χ0n) is 18.2. The third-order valence-electron chi connectivity index (χ3n) is 4.49. The van der Waals surface area contributed by atoms with E-state index in [0.717, 1.165) is 0 Å². The molecule has 8 nitrogen and oxygen atoms in total. The predicted molar refractivity (Wildman–Crippen MR) is 124 cm³/mol. The van der Waals surface area contributed by atoms with Crippen molar-refractivity contribution in [1.29, 1.82) is 0 Å². The average molecular weight is 481 g/mol. The van der Waals surface area contributed by atoms with Crippen LogP contribution in [0.3, 0.4) is 0 Å². The highest BCUT2D eigenvalue weighted by Crippen LogP contribution is 2.51. The number of carbonyl (C=O) groups excluding carboxylic acids is 2. The van der Waals surface area contributed by atoms with Crippen LogP contribution in [-0.2, 0) is 35.4 Å². The Morgan fingerprint density at radius 3 is 2.16 bits per heavy atom. The van der Waals surface area contributed by atoms with Crippen molar-refractivity contribution in [2.75, 3.05) is 19.0 Å². The molecule has 0 saturated carbocycles. The maximum absolute atomic E-state index is 12.7. The van der Waals surface area contributed by atoms with Gasteiger partial charge in [-0.2, -0.15) is 0 Å². The lowest BCUT2D eigenvalue weighted by molar-refractivity contribution is -0.119. The van der Waals surface area contributed by atoms with Crippen molar-refractivity contribution in [3.8, 4) is 0 Å². The monoisotopic (exact) mass is 480 g/mol. The molecule has 0 aliphatic carbocycles. The maximum atomic E-state index is 12.7. The van der Waals surface area contributed by atoms with Crippen LogP contribution in [0, 0.1) is 0 Å². The van der Waals surface area contributed by atoms with Crippen molar-refractivity contribution in [3.05, 3.63) is 65.7 Å². The molecule has 2 atom stereocenters. The van der Waals surface area contributed by atoms with Crippen LogP contribution < -0.4 is 11.1 Å². The van der Waals surface area contributed by atoms with Crippen molar-refractivity contribution in [2.45, 2.75) is 37.4 Å². The quantitative estimate of drug-likeness (QED) is 0.424. The number of nitrogens with one attached hydrogen (secondary N) is 1. The van der Waals surface area contributed by atoms with E-state index >= 15 is 0 Å². The third-order valence-corrected chi connectivity index (χ3v) is 7.95. The van der Waals surface area contributed by atoms with Crippen LogP contribution in [0.25, 0.3) is 0 Å². The summed E-state index contributed by atoms with van der Waals surface area (Å²) < 4.78 is 35.6. The largest absolute Gasteiger partial charge is 0.368 e. The molecule has 0 aliphatic rings. The lowest BCUT2D eigenvalue weighted by Crippen LogP contribution is -2.45. The lowest BCUT2D eigenvalue weighted by atomic mass is 10.1. The Hall–Kier alpha value is -2.32. The number of primary amides is 1. The van der Waals surface area contributed by atoms with Crippen molar-refractivity contribution in [2.24, 2.45) is 5.73 Å². The normalized spacial score (nSPS) is 13.3. The van der Waals surface area contributed by atoms with Gasteiger partial charge in [0, 0.05) is 16.2 Å². The summed E-state index contributed by atoms with van der Waals surface area (Å²) >= 11 is 0. The molecule has 10 heteroatoms. The predicted octanol–water partition coefficient (Wildman–Crippen LogP) is 3.23. The Kier molecular flexibility index (Phi) is 10.3. The van der Waals surface area contributed by atoms with E-state index in [1.807, 2.05) is 6.07 Å². The fourth-order valence-electron chi connectivity index (χ4n) is 2.95. The van der Waals surface area contributed by atoms with Gasteiger partial charge in [0.2, 0.25) is 5.91 Å². The minimum Gasteiger partial charge on any atom is -0.368 e. The van der Waals surface area contributed by atoms with Gasteiger partial charge in [-0.3, -0.25) is 18.4 Å². The van der Waals surface area contributed by atoms with E-state index in [1.54, 1.807) is 62.4 Å². The van der Waals surface area contributed by atoms with Crippen LogP contribution in [0.2, 0.25) is 0 Å². The van der Waals surface area contributed by atoms with Crippen LogP contribution in [0.4, 0.5) is 0 Å². The molecular formula is C22H29N2O6PS. The van der Waals surface area contributed by atoms with Gasteiger partial charge < -0.3 is 20.1 Å². The van der Waals surface area contributed by atoms with Gasteiger partial charge >= 0.3 is 7.60 Å². The topological polar surface area (TPSA) is 125 Å². The van der Waals surface area contributed by atoms with Crippen molar-refractivity contribution >= 4 is 30.2 Å². The highest BCUT2D eigenvalue weighted by atomic mass is 32.2. The average Bonchev–Trinajstić information content (AvgIpc) is 2.77. The molecule has 0 aromatic heterocycles. The molecule has 0 aliphatic heterocycles. The SMILES string of the molecule is CCOP(=O)(Cc1ccc(C(=O)N[C@@H](CC[S@](=O)c2ccccc2)C(N)=O)cc1)OCC. The number of hydrogen-bond donors (Lipinski definition) is 2. The van der Waals surface area contributed by atoms with Gasteiger partial charge in [-0.05, 0) is 50.1 Å². The van der Waals surface area contributed by atoms with E-state index in [1.165, 1.54) is 0 Å². The van der Waals surface area contributed by atoms with Crippen molar-refractivity contribution in [1.82, 2.24) is 5.32 Å². The summed E-state index contributed by atoms with van der Waals surface area (Å²) in [6, 6.07) is 14.4. The highest BCUT2D eigenvalue weighted by molar-refractivity contribution is 7.85. The minimum absolute atomic E-state index is 0.0891. The Labute approximate surface area is 190 Å². The standard InChI is InChI=1S/C22H29N2O6PS/c1-3-29-31(27,30-4-2)16-17-10-12-18(13-11-17)22(26)24-20(21(23)25)14-15-32(28)19-8-6-5-7-9-19/h5-13,20H,3-4,14-16H2,1-2H3,(H2,23,25)(H,24,26)/t20-,32-/m0/s1. The number of nitrogens with two attached hydrogens (primary N) is 1. The van der Waals surface area contributed by atoms with Crippen LogP contribution in [0.15, 0.2) is 59.5 Å². The second-order valence-electron chi connectivity index (χ2n) is 6.88. The van der Waals surface area contributed by atoms with E-state index in [-0.39, 0.29) is 31.5 Å². The molecule has 0 bridgehead atoms. The molecule has 174 valence electrons. The molecular weight excluding hydrogens is 451 g/mol. The zero-order valence-corrected chi connectivity index (χ0v) is 19.9. The summed E-state index contributed by atoms with van der Waals surface area (Å²) in [6.45, 7) is 4.01.